The van der Waals surface area contributed by atoms with E-state index in [2.05, 4.69) is 13.8 Å². The van der Waals surface area contributed by atoms with Crippen LogP contribution in [0.25, 0.3) is 0 Å². The lowest BCUT2D eigenvalue weighted by atomic mass is 9.87. The maximum Gasteiger partial charge on any atom is 0.247 e. The van der Waals surface area contributed by atoms with Crippen molar-refractivity contribution >= 4 is 0 Å². The van der Waals surface area contributed by atoms with Crippen molar-refractivity contribution in [3.63, 3.8) is 0 Å². The fourth-order valence-electron chi connectivity index (χ4n) is 1.63. The van der Waals surface area contributed by atoms with E-state index in [4.69, 9.17) is 4.74 Å². The highest BCUT2D eigenvalue weighted by atomic mass is 19.3. The highest BCUT2D eigenvalue weighted by Gasteiger charge is 2.25. The fraction of sp³-hybridized carbons (Fsp3) is 1.00. The van der Waals surface area contributed by atoms with Crippen molar-refractivity contribution < 1.29 is 13.5 Å². The zero-order chi connectivity index (χ0) is 13.9. The molecular formula is C14H30F2O. The van der Waals surface area contributed by atoms with Crippen molar-refractivity contribution in [3.8, 4) is 0 Å². The molecule has 0 saturated carbocycles. The molecule has 0 aliphatic carbocycles. The number of ether oxygens (including phenoxy) is 1. The van der Waals surface area contributed by atoms with Crippen LogP contribution < -0.4 is 0 Å². The van der Waals surface area contributed by atoms with E-state index in [-0.39, 0.29) is 18.3 Å². The number of hydrogen-bond donors (Lipinski definition) is 0. The lowest BCUT2D eigenvalue weighted by Crippen LogP contribution is -2.19. The maximum atomic E-state index is 12.9. The summed E-state index contributed by atoms with van der Waals surface area (Å²) in [5.74, 6) is -2.47. The van der Waals surface area contributed by atoms with Crippen LogP contribution in [0.4, 0.5) is 8.78 Å². The molecule has 17 heavy (non-hydrogen) atoms. The highest BCUT2D eigenvalue weighted by molar-refractivity contribution is 4.69. The van der Waals surface area contributed by atoms with E-state index >= 15 is 0 Å². The first kappa shape index (κ1) is 19.2. The van der Waals surface area contributed by atoms with Crippen molar-refractivity contribution in [3.05, 3.63) is 0 Å². The number of rotatable bonds is 8. The van der Waals surface area contributed by atoms with E-state index in [9.17, 15) is 8.78 Å². The van der Waals surface area contributed by atoms with Gasteiger partial charge in [-0.1, -0.05) is 41.0 Å². The molecule has 0 radical (unpaired) electrons. The number of hydrogen-bond acceptors (Lipinski definition) is 1. The normalized spacial score (nSPS) is 12.0. The van der Waals surface area contributed by atoms with Crippen molar-refractivity contribution in [2.45, 2.75) is 72.6 Å². The smallest absolute Gasteiger partial charge is 0.247 e. The van der Waals surface area contributed by atoms with Crippen molar-refractivity contribution in [1.29, 1.82) is 0 Å². The van der Waals surface area contributed by atoms with Crippen LogP contribution in [-0.2, 0) is 4.74 Å². The Labute approximate surface area is 106 Å². The summed E-state index contributed by atoms with van der Waals surface area (Å²) < 4.78 is 30.9. The Morgan fingerprint density at radius 1 is 1.00 bits per heavy atom. The van der Waals surface area contributed by atoms with Gasteiger partial charge in [-0.05, 0) is 18.3 Å². The van der Waals surface area contributed by atoms with Crippen LogP contribution in [0.2, 0.25) is 0 Å². The van der Waals surface area contributed by atoms with Crippen LogP contribution in [0.5, 0.6) is 0 Å². The van der Waals surface area contributed by atoms with Crippen LogP contribution in [0, 0.1) is 5.41 Å². The summed E-state index contributed by atoms with van der Waals surface area (Å²) >= 11 is 0. The summed E-state index contributed by atoms with van der Waals surface area (Å²) in [6.07, 6.45) is 2.38. The SMILES string of the molecule is CC.CCC(F)(F)CCCCC(C)(C)COC. The molecule has 0 aliphatic rings. The van der Waals surface area contributed by atoms with Crippen LogP contribution in [0.15, 0.2) is 0 Å². The Kier molecular flexibility index (Phi) is 11.1. The fourth-order valence-corrected chi connectivity index (χ4v) is 1.63. The van der Waals surface area contributed by atoms with Gasteiger partial charge in [0.15, 0.2) is 0 Å². The second kappa shape index (κ2) is 9.81. The molecule has 0 rings (SSSR count). The van der Waals surface area contributed by atoms with E-state index in [1.54, 1.807) is 7.11 Å². The molecule has 3 heteroatoms. The molecular weight excluding hydrogens is 222 g/mol. The lowest BCUT2D eigenvalue weighted by molar-refractivity contribution is -0.0147. The van der Waals surface area contributed by atoms with E-state index in [1.165, 1.54) is 6.92 Å². The molecule has 0 unspecified atom stereocenters. The zero-order valence-electron chi connectivity index (χ0n) is 12.4. The molecule has 0 heterocycles. The van der Waals surface area contributed by atoms with Gasteiger partial charge in [-0.3, -0.25) is 0 Å². The van der Waals surface area contributed by atoms with Crippen LogP contribution in [0.3, 0.4) is 0 Å². The molecule has 0 amide bonds. The van der Waals surface area contributed by atoms with Gasteiger partial charge in [0.1, 0.15) is 0 Å². The number of alkyl halides is 2. The van der Waals surface area contributed by atoms with Crippen LogP contribution in [0.1, 0.15) is 66.7 Å². The molecule has 0 fully saturated rings. The summed E-state index contributed by atoms with van der Waals surface area (Å²) in [5.41, 5.74) is 0.107. The average molecular weight is 252 g/mol. The molecule has 0 saturated heterocycles. The maximum absolute atomic E-state index is 12.9. The van der Waals surface area contributed by atoms with Crippen LogP contribution >= 0.6 is 0 Å². The average Bonchev–Trinajstić information content (AvgIpc) is 2.27. The minimum atomic E-state index is -2.47. The van der Waals surface area contributed by atoms with Gasteiger partial charge in [0.2, 0.25) is 5.92 Å². The van der Waals surface area contributed by atoms with Crippen molar-refractivity contribution in [2.24, 2.45) is 5.41 Å². The lowest BCUT2D eigenvalue weighted by Gasteiger charge is -2.23. The zero-order valence-corrected chi connectivity index (χ0v) is 12.4. The predicted octanol–water partition coefficient (Wildman–Crippen LogP) is 5.29. The summed E-state index contributed by atoms with van der Waals surface area (Å²) in [6, 6.07) is 0. The Balaban J connectivity index is 0. The van der Waals surface area contributed by atoms with Gasteiger partial charge in [0.25, 0.3) is 0 Å². The number of halogens is 2. The Hall–Kier alpha value is -0.180. The van der Waals surface area contributed by atoms with Crippen LogP contribution in [-0.4, -0.2) is 19.6 Å². The largest absolute Gasteiger partial charge is 0.384 e. The summed E-state index contributed by atoms with van der Waals surface area (Å²) in [5, 5.41) is 0. The van der Waals surface area contributed by atoms with E-state index in [0.717, 1.165) is 12.8 Å². The van der Waals surface area contributed by atoms with Gasteiger partial charge in [0, 0.05) is 20.0 Å². The first-order valence-electron chi connectivity index (χ1n) is 6.70. The van der Waals surface area contributed by atoms with Gasteiger partial charge in [-0.2, -0.15) is 0 Å². The Bertz CT molecular complexity index is 168. The third-order valence-corrected chi connectivity index (χ3v) is 2.70. The molecule has 0 atom stereocenters. The van der Waals surface area contributed by atoms with E-state index in [1.807, 2.05) is 13.8 Å². The molecule has 0 spiro atoms. The van der Waals surface area contributed by atoms with Gasteiger partial charge in [0.05, 0.1) is 6.61 Å². The summed E-state index contributed by atoms with van der Waals surface area (Å²) in [4.78, 5) is 0. The van der Waals surface area contributed by atoms with Gasteiger partial charge in [-0.15, -0.1) is 0 Å². The van der Waals surface area contributed by atoms with Gasteiger partial charge in [-0.25, -0.2) is 8.78 Å². The molecule has 0 aromatic heterocycles. The van der Waals surface area contributed by atoms with E-state index in [0.29, 0.717) is 13.0 Å². The molecule has 0 N–H and O–H groups in total. The second-order valence-electron chi connectivity index (χ2n) is 5.01. The molecule has 0 bridgehead atoms. The quantitative estimate of drug-likeness (QED) is 0.533. The first-order valence-corrected chi connectivity index (χ1v) is 6.70. The summed E-state index contributed by atoms with van der Waals surface area (Å²) in [7, 11) is 1.67. The molecule has 1 nitrogen and oxygen atoms in total. The standard InChI is InChI=1S/C12H24F2O.C2H6/c1-5-12(13,14)9-7-6-8-11(2,3)10-15-4;1-2/h5-10H2,1-4H3;1-2H3. The predicted molar refractivity (Wildman–Crippen MR) is 70.7 cm³/mol. The Morgan fingerprint density at radius 2 is 1.47 bits per heavy atom. The Morgan fingerprint density at radius 3 is 1.88 bits per heavy atom. The molecule has 0 aliphatic heterocycles. The minimum absolute atomic E-state index is 0.0204. The first-order chi connectivity index (χ1) is 7.83. The highest BCUT2D eigenvalue weighted by Crippen LogP contribution is 2.28. The second-order valence-corrected chi connectivity index (χ2v) is 5.01. The topological polar surface area (TPSA) is 9.23 Å². The molecule has 0 aromatic rings. The summed E-state index contributed by atoms with van der Waals surface area (Å²) in [6.45, 7) is 10.4. The molecule has 0 aromatic carbocycles. The molecule has 106 valence electrons. The third-order valence-electron chi connectivity index (χ3n) is 2.70. The number of methoxy groups -OCH3 is 1. The third kappa shape index (κ3) is 12.1. The van der Waals surface area contributed by atoms with E-state index < -0.39 is 5.92 Å². The minimum Gasteiger partial charge on any atom is -0.384 e. The van der Waals surface area contributed by atoms with Gasteiger partial charge >= 0.3 is 0 Å². The monoisotopic (exact) mass is 252 g/mol. The van der Waals surface area contributed by atoms with Crippen molar-refractivity contribution in [1.82, 2.24) is 0 Å². The number of unbranched alkanes of at least 4 members (excludes halogenated alkanes) is 1. The van der Waals surface area contributed by atoms with Crippen molar-refractivity contribution in [2.75, 3.05) is 13.7 Å². The van der Waals surface area contributed by atoms with Gasteiger partial charge < -0.3 is 4.74 Å².